The maximum Gasteiger partial charge on any atom is 0.420 e. The van der Waals surface area contributed by atoms with Gasteiger partial charge in [-0.25, -0.2) is 19.2 Å². The molecule has 0 saturated carbocycles. The van der Waals surface area contributed by atoms with Crippen LogP contribution in [0.4, 0.5) is 13.2 Å². The van der Waals surface area contributed by atoms with Gasteiger partial charge < -0.3 is 28.4 Å². The van der Waals surface area contributed by atoms with Gasteiger partial charge in [-0.2, -0.15) is 13.2 Å². The maximum atomic E-state index is 13.7. The summed E-state index contributed by atoms with van der Waals surface area (Å²) in [6, 6.07) is 14.8. The Hall–Kier alpha value is -6.11. The highest BCUT2D eigenvalue weighted by molar-refractivity contribution is 5.90. The Morgan fingerprint density at radius 1 is 0.609 bits per heavy atom. The quantitative estimate of drug-likeness (QED) is 0.0889. The van der Waals surface area contributed by atoms with Crippen molar-refractivity contribution in [2.24, 2.45) is 0 Å². The van der Waals surface area contributed by atoms with Crippen LogP contribution in [0.15, 0.2) is 104 Å². The number of esters is 4. The largest absolute Gasteiger partial charge is 0.457 e. The lowest BCUT2D eigenvalue weighted by atomic mass is 10.1. The third-order valence-electron chi connectivity index (χ3n) is 5.46. The van der Waals surface area contributed by atoms with Gasteiger partial charge in [-0.3, -0.25) is 0 Å². The Morgan fingerprint density at radius 3 is 1.48 bits per heavy atom. The molecule has 0 saturated heterocycles. The van der Waals surface area contributed by atoms with E-state index in [2.05, 4.69) is 13.2 Å². The van der Waals surface area contributed by atoms with E-state index in [1.807, 2.05) is 0 Å². The minimum Gasteiger partial charge on any atom is -0.457 e. The second kappa shape index (κ2) is 16.7. The zero-order valence-electron chi connectivity index (χ0n) is 23.9. The normalized spacial score (nSPS) is 11.0. The zero-order valence-corrected chi connectivity index (χ0v) is 23.9. The lowest BCUT2D eigenvalue weighted by molar-refractivity contribution is -0.145. The summed E-state index contributed by atoms with van der Waals surface area (Å²) >= 11 is 0. The Labute approximate surface area is 260 Å². The molecule has 0 heterocycles. The van der Waals surface area contributed by atoms with Crippen molar-refractivity contribution in [3.63, 3.8) is 0 Å². The Bertz CT molecular complexity index is 1620. The summed E-state index contributed by atoms with van der Waals surface area (Å²) in [5.74, 6) is -3.87. The number of halogens is 3. The highest BCUT2D eigenvalue weighted by atomic mass is 19.4. The predicted octanol–water partition coefficient (Wildman–Crippen LogP) is 6.07. The molecule has 0 radical (unpaired) electrons. The highest BCUT2D eigenvalue weighted by Gasteiger charge is 2.35. The maximum absolute atomic E-state index is 13.7. The molecular formula is C33H25F3O10. The van der Waals surface area contributed by atoms with Crippen LogP contribution in [0.2, 0.25) is 0 Å². The smallest absolute Gasteiger partial charge is 0.420 e. The van der Waals surface area contributed by atoms with E-state index in [0.717, 1.165) is 36.4 Å². The van der Waals surface area contributed by atoms with Crippen molar-refractivity contribution in [1.82, 2.24) is 0 Å². The summed E-state index contributed by atoms with van der Waals surface area (Å²) in [5.41, 5.74) is -0.305. The van der Waals surface area contributed by atoms with Gasteiger partial charge in [0.2, 0.25) is 13.6 Å². The van der Waals surface area contributed by atoms with Gasteiger partial charge in [0.1, 0.15) is 28.6 Å². The van der Waals surface area contributed by atoms with Gasteiger partial charge in [-0.15, -0.1) is 0 Å². The molecule has 3 rings (SSSR count). The van der Waals surface area contributed by atoms with Crippen LogP contribution in [0.3, 0.4) is 0 Å². The first-order valence-electron chi connectivity index (χ1n) is 13.0. The molecule has 0 unspecified atom stereocenters. The van der Waals surface area contributed by atoms with Crippen molar-refractivity contribution in [2.45, 2.75) is 6.18 Å². The van der Waals surface area contributed by atoms with Gasteiger partial charge in [0.05, 0.1) is 0 Å². The average Bonchev–Trinajstić information content (AvgIpc) is 3.04. The first-order valence-corrected chi connectivity index (χ1v) is 13.0. The molecule has 10 nitrogen and oxygen atoms in total. The molecule has 3 aromatic carbocycles. The lowest BCUT2D eigenvalue weighted by Gasteiger charge is -2.13. The van der Waals surface area contributed by atoms with Crippen LogP contribution in [0.5, 0.6) is 23.0 Å². The van der Waals surface area contributed by atoms with Crippen LogP contribution >= 0.6 is 0 Å². The lowest BCUT2D eigenvalue weighted by Crippen LogP contribution is -2.13. The molecule has 0 atom stereocenters. The topological polar surface area (TPSA) is 124 Å². The van der Waals surface area contributed by atoms with Crippen molar-refractivity contribution in [3.05, 3.63) is 121 Å². The van der Waals surface area contributed by atoms with Gasteiger partial charge in [0.15, 0.2) is 0 Å². The molecule has 0 spiro atoms. The van der Waals surface area contributed by atoms with Crippen LogP contribution in [-0.4, -0.2) is 37.5 Å². The summed E-state index contributed by atoms with van der Waals surface area (Å²) in [6.07, 6.45) is 1.62. The van der Waals surface area contributed by atoms with Crippen molar-refractivity contribution < 1.29 is 60.8 Å². The summed E-state index contributed by atoms with van der Waals surface area (Å²) in [4.78, 5) is 46.6. The summed E-state index contributed by atoms with van der Waals surface area (Å²) in [7, 11) is 0. The summed E-state index contributed by atoms with van der Waals surface area (Å²) in [6.45, 7) is 5.84. The van der Waals surface area contributed by atoms with E-state index >= 15 is 0 Å². The molecule has 46 heavy (non-hydrogen) atoms. The van der Waals surface area contributed by atoms with Crippen LogP contribution in [0, 0.1) is 0 Å². The SMILES string of the molecule is C=CC(=O)OCOc1ccc(C=CC(=O)Oc2ccc(OC(=O)C=Cc3ccc(OCOC(=O)C=C)cc3)c(C(F)(F)F)c2)cc1. The fourth-order valence-corrected chi connectivity index (χ4v) is 3.28. The Kier molecular flexibility index (Phi) is 12.5. The molecule has 0 N–H and O–H groups in total. The molecule has 13 heteroatoms. The predicted molar refractivity (Wildman–Crippen MR) is 157 cm³/mol. The standard InChI is InChI=1S/C33H25F3O10/c1-3-29(37)43-20-41-24-11-5-22(6-12-24)9-17-31(39)45-26-15-16-28(27(19-26)33(34,35)36)46-32(40)18-10-23-7-13-25(14-8-23)42-21-44-30(38)4-2/h3-19H,1-2,20-21H2. The number of alkyl halides is 3. The first-order chi connectivity index (χ1) is 22.0. The average molecular weight is 639 g/mol. The number of hydrogen-bond acceptors (Lipinski definition) is 10. The van der Waals surface area contributed by atoms with Gasteiger partial charge >= 0.3 is 30.1 Å². The molecular weight excluding hydrogens is 613 g/mol. The molecule has 238 valence electrons. The second-order valence-electron chi connectivity index (χ2n) is 8.66. The minimum absolute atomic E-state index is 0.328. The van der Waals surface area contributed by atoms with Gasteiger partial charge in [-0.05, 0) is 65.7 Å². The van der Waals surface area contributed by atoms with Gasteiger partial charge in [0.25, 0.3) is 0 Å². The highest BCUT2D eigenvalue weighted by Crippen LogP contribution is 2.38. The zero-order chi connectivity index (χ0) is 33.5. The monoisotopic (exact) mass is 638 g/mol. The number of hydrogen-bond donors (Lipinski definition) is 0. The second-order valence-corrected chi connectivity index (χ2v) is 8.66. The van der Waals surface area contributed by atoms with Crippen molar-refractivity contribution in [2.75, 3.05) is 13.6 Å². The molecule has 0 fully saturated rings. The molecule has 0 aromatic heterocycles. The van der Waals surface area contributed by atoms with Crippen LogP contribution in [0.1, 0.15) is 16.7 Å². The molecule has 0 aliphatic rings. The van der Waals surface area contributed by atoms with E-state index in [4.69, 9.17) is 28.4 Å². The molecule has 0 aliphatic carbocycles. The van der Waals surface area contributed by atoms with E-state index < -0.39 is 47.1 Å². The van der Waals surface area contributed by atoms with Gasteiger partial charge in [-0.1, -0.05) is 37.4 Å². The fraction of sp³-hybridized carbons (Fsp3) is 0.0909. The van der Waals surface area contributed by atoms with E-state index in [9.17, 15) is 32.3 Å². The fourth-order valence-electron chi connectivity index (χ4n) is 3.28. The van der Waals surface area contributed by atoms with Crippen molar-refractivity contribution in [1.29, 1.82) is 0 Å². The van der Waals surface area contributed by atoms with Crippen molar-refractivity contribution >= 4 is 36.0 Å². The van der Waals surface area contributed by atoms with E-state index in [-0.39, 0.29) is 13.6 Å². The molecule has 0 bridgehead atoms. The van der Waals surface area contributed by atoms with Crippen LogP contribution in [0.25, 0.3) is 12.2 Å². The first kappa shape index (κ1) is 34.4. The number of carbonyl (C=O) groups excluding carboxylic acids is 4. The summed E-state index contributed by atoms with van der Waals surface area (Å²) in [5, 5.41) is 0. The number of benzene rings is 3. The Morgan fingerprint density at radius 2 is 1.04 bits per heavy atom. The van der Waals surface area contributed by atoms with E-state index in [1.165, 1.54) is 36.4 Å². The minimum atomic E-state index is -4.94. The molecule has 0 amide bonds. The summed E-state index contributed by atoms with van der Waals surface area (Å²) < 4.78 is 71.0. The number of rotatable bonds is 14. The van der Waals surface area contributed by atoms with E-state index in [1.54, 1.807) is 24.3 Å². The van der Waals surface area contributed by atoms with Crippen molar-refractivity contribution in [3.8, 4) is 23.0 Å². The van der Waals surface area contributed by atoms with Crippen LogP contribution < -0.4 is 18.9 Å². The molecule has 0 aliphatic heterocycles. The third-order valence-corrected chi connectivity index (χ3v) is 5.46. The van der Waals surface area contributed by atoms with Gasteiger partial charge in [0, 0.05) is 24.3 Å². The number of carbonyl (C=O) groups is 4. The van der Waals surface area contributed by atoms with E-state index in [0.29, 0.717) is 28.7 Å². The number of ether oxygens (including phenoxy) is 6. The Balaban J connectivity index is 1.57. The third kappa shape index (κ3) is 11.5. The molecule has 3 aromatic rings. The van der Waals surface area contributed by atoms with Crippen LogP contribution in [-0.2, 0) is 34.8 Å².